The molecule has 7 nitrogen and oxygen atoms in total. The van der Waals surface area contributed by atoms with Gasteiger partial charge < -0.3 is 14.6 Å². The van der Waals surface area contributed by atoms with Crippen molar-refractivity contribution in [2.24, 2.45) is 0 Å². The molecule has 2 aromatic rings. The summed E-state index contributed by atoms with van der Waals surface area (Å²) in [4.78, 5) is 39.0. The van der Waals surface area contributed by atoms with E-state index in [1.54, 1.807) is 56.3 Å². The summed E-state index contributed by atoms with van der Waals surface area (Å²) in [7, 11) is 1.23. The molecule has 1 heterocycles. The number of carbonyl (C=O) groups is 3. The number of hydrogen-bond donors (Lipinski definition) is 1. The van der Waals surface area contributed by atoms with E-state index in [4.69, 9.17) is 9.47 Å². The van der Waals surface area contributed by atoms with Crippen molar-refractivity contribution < 1.29 is 29.0 Å². The molecule has 1 amide bonds. The highest BCUT2D eigenvalue weighted by atomic mass is 16.5. The number of esters is 1. The van der Waals surface area contributed by atoms with Crippen LogP contribution < -0.4 is 9.64 Å². The lowest BCUT2D eigenvalue weighted by Crippen LogP contribution is -2.24. The molecule has 0 saturated carbocycles. The van der Waals surface area contributed by atoms with E-state index in [1.165, 1.54) is 25.0 Å². The molecule has 0 spiro atoms. The summed E-state index contributed by atoms with van der Waals surface area (Å²) < 4.78 is 10.3. The molecule has 0 saturated heterocycles. The summed E-state index contributed by atoms with van der Waals surface area (Å²) in [5.74, 6) is -1.16. The molecule has 160 valence electrons. The minimum absolute atomic E-state index is 0.0709. The van der Waals surface area contributed by atoms with Crippen molar-refractivity contribution in [1.82, 2.24) is 0 Å². The molecule has 1 aliphatic rings. The number of methoxy groups -OCH3 is 1. The molecule has 0 bridgehead atoms. The number of para-hydroxylation sites is 1. The molecule has 0 unspecified atom stereocenters. The van der Waals surface area contributed by atoms with E-state index in [1.807, 2.05) is 0 Å². The average Bonchev–Trinajstić information content (AvgIpc) is 3.00. The van der Waals surface area contributed by atoms with Gasteiger partial charge in [0.25, 0.3) is 5.91 Å². The Hall–Kier alpha value is -3.87. The van der Waals surface area contributed by atoms with Crippen molar-refractivity contribution in [2.75, 3.05) is 18.6 Å². The van der Waals surface area contributed by atoms with Gasteiger partial charge in [-0.3, -0.25) is 14.5 Å². The van der Waals surface area contributed by atoms with Crippen molar-refractivity contribution in [1.29, 1.82) is 0 Å². The van der Waals surface area contributed by atoms with Gasteiger partial charge in [0, 0.05) is 22.5 Å². The molecular weight excluding hydrogens is 398 g/mol. The Bertz CT molecular complexity index is 1130. The Balaban J connectivity index is 2.16. The zero-order chi connectivity index (χ0) is 22.7. The lowest BCUT2D eigenvalue weighted by molar-refractivity contribution is -0.136. The molecule has 1 aliphatic heterocycles. The van der Waals surface area contributed by atoms with Gasteiger partial charge in [-0.05, 0) is 45.0 Å². The van der Waals surface area contributed by atoms with Gasteiger partial charge in [-0.15, -0.1) is 0 Å². The quantitative estimate of drug-likeness (QED) is 0.432. The van der Waals surface area contributed by atoms with Crippen LogP contribution >= 0.6 is 0 Å². The minimum atomic E-state index is -0.678. The smallest absolute Gasteiger partial charge is 0.340 e. The number of nitrogens with zero attached hydrogens (tertiary/aromatic N) is 1. The number of phenolic OH excluding ortho intramolecular Hbond substituents is 1. The first kappa shape index (κ1) is 21.8. The van der Waals surface area contributed by atoms with Crippen molar-refractivity contribution in [3.05, 3.63) is 70.4 Å². The van der Waals surface area contributed by atoms with E-state index in [-0.39, 0.29) is 28.4 Å². The van der Waals surface area contributed by atoms with E-state index >= 15 is 0 Å². The number of ether oxygens (including phenoxy) is 2. The van der Waals surface area contributed by atoms with Crippen LogP contribution in [0.4, 0.5) is 5.69 Å². The fourth-order valence-corrected chi connectivity index (χ4v) is 3.44. The van der Waals surface area contributed by atoms with E-state index in [9.17, 15) is 19.5 Å². The third-order valence-electron chi connectivity index (χ3n) is 4.93. The maximum absolute atomic E-state index is 13.4. The summed E-state index contributed by atoms with van der Waals surface area (Å²) in [6, 6.07) is 11.5. The van der Waals surface area contributed by atoms with Crippen LogP contribution in [-0.2, 0) is 14.3 Å². The van der Waals surface area contributed by atoms with E-state index in [0.29, 0.717) is 29.1 Å². The van der Waals surface area contributed by atoms with Crippen LogP contribution in [0.15, 0.2) is 59.3 Å². The number of allylic oxidation sites excluding steroid dienone is 1. The molecule has 0 aromatic heterocycles. The number of Topliss-reactive ketones (excluding diaryl/α,β-unsaturated/α-hetero) is 1. The van der Waals surface area contributed by atoms with Crippen molar-refractivity contribution in [2.45, 2.75) is 20.8 Å². The van der Waals surface area contributed by atoms with Crippen LogP contribution in [0.3, 0.4) is 0 Å². The molecule has 2 aromatic carbocycles. The van der Waals surface area contributed by atoms with Gasteiger partial charge in [-0.2, -0.15) is 0 Å². The monoisotopic (exact) mass is 421 g/mol. The van der Waals surface area contributed by atoms with Gasteiger partial charge in [0.2, 0.25) is 0 Å². The fourth-order valence-electron chi connectivity index (χ4n) is 3.44. The largest absolute Gasteiger partial charge is 0.504 e. The van der Waals surface area contributed by atoms with Crippen LogP contribution in [0.2, 0.25) is 0 Å². The predicted octanol–water partition coefficient (Wildman–Crippen LogP) is 3.87. The second-order valence-corrected chi connectivity index (χ2v) is 6.88. The summed E-state index contributed by atoms with van der Waals surface area (Å²) in [5, 5.41) is 10.5. The molecule has 0 atom stereocenters. The highest BCUT2D eigenvalue weighted by Crippen LogP contribution is 2.38. The van der Waals surface area contributed by atoms with Crippen molar-refractivity contribution in [3.8, 4) is 11.5 Å². The third kappa shape index (κ3) is 4.07. The Morgan fingerprint density at radius 2 is 1.87 bits per heavy atom. The molecule has 31 heavy (non-hydrogen) atoms. The van der Waals surface area contributed by atoms with Crippen LogP contribution in [0, 0.1) is 0 Å². The maximum Gasteiger partial charge on any atom is 0.340 e. The highest BCUT2D eigenvalue weighted by Gasteiger charge is 2.38. The maximum atomic E-state index is 13.4. The minimum Gasteiger partial charge on any atom is -0.504 e. The molecule has 0 radical (unpaired) electrons. The number of carbonyl (C=O) groups excluding carboxylic acids is 3. The van der Waals surface area contributed by atoms with Gasteiger partial charge in [-0.1, -0.05) is 24.3 Å². The van der Waals surface area contributed by atoms with Gasteiger partial charge in [0.1, 0.15) is 0 Å². The second-order valence-electron chi connectivity index (χ2n) is 6.88. The van der Waals surface area contributed by atoms with Crippen molar-refractivity contribution >= 4 is 29.4 Å². The molecular formula is C24H23NO6. The van der Waals surface area contributed by atoms with Gasteiger partial charge in [0.15, 0.2) is 17.3 Å². The first-order chi connectivity index (χ1) is 14.8. The summed E-state index contributed by atoms with van der Waals surface area (Å²) in [6.45, 7) is 5.22. The Kier molecular flexibility index (Phi) is 6.25. The van der Waals surface area contributed by atoms with E-state index in [0.717, 1.165) is 0 Å². The molecule has 0 aliphatic carbocycles. The van der Waals surface area contributed by atoms with Gasteiger partial charge >= 0.3 is 5.97 Å². The number of benzene rings is 2. The van der Waals surface area contributed by atoms with E-state index < -0.39 is 11.9 Å². The normalized spacial score (nSPS) is 14.9. The first-order valence-corrected chi connectivity index (χ1v) is 9.71. The number of aromatic hydroxyl groups is 1. The first-order valence-electron chi connectivity index (χ1n) is 9.71. The fraction of sp³-hybridized carbons (Fsp3) is 0.208. The summed E-state index contributed by atoms with van der Waals surface area (Å²) in [5.41, 5.74) is 1.74. The Morgan fingerprint density at radius 3 is 2.52 bits per heavy atom. The number of rotatable bonds is 6. The van der Waals surface area contributed by atoms with Crippen LogP contribution in [0.5, 0.6) is 11.5 Å². The van der Waals surface area contributed by atoms with Gasteiger partial charge in [0.05, 0.1) is 24.9 Å². The lowest BCUT2D eigenvalue weighted by Gasteiger charge is -2.18. The molecule has 3 rings (SSSR count). The number of ketones is 1. The molecule has 0 fully saturated rings. The zero-order valence-electron chi connectivity index (χ0n) is 17.8. The summed E-state index contributed by atoms with van der Waals surface area (Å²) >= 11 is 0. The second kappa shape index (κ2) is 8.87. The van der Waals surface area contributed by atoms with Crippen LogP contribution in [0.25, 0.3) is 6.08 Å². The molecule has 1 N–H and O–H groups in total. The third-order valence-corrected chi connectivity index (χ3v) is 4.93. The number of phenols is 1. The Morgan fingerprint density at radius 1 is 1.16 bits per heavy atom. The highest BCUT2D eigenvalue weighted by molar-refractivity contribution is 6.24. The topological polar surface area (TPSA) is 93.1 Å². The Labute approximate surface area is 180 Å². The number of amides is 1. The number of hydrogen-bond acceptors (Lipinski definition) is 6. The van der Waals surface area contributed by atoms with Crippen LogP contribution in [0.1, 0.15) is 36.7 Å². The van der Waals surface area contributed by atoms with Crippen molar-refractivity contribution in [3.63, 3.8) is 0 Å². The predicted molar refractivity (Wildman–Crippen MR) is 116 cm³/mol. The lowest BCUT2D eigenvalue weighted by atomic mass is 10.0. The summed E-state index contributed by atoms with van der Waals surface area (Å²) in [6.07, 6.45) is 1.44. The number of anilines is 1. The average molecular weight is 421 g/mol. The SMILES string of the molecule is CCOc1cccc(/C=C2\C(=O)N(c3cccc(C(C)=O)c3)C(C)=C2C(=O)OC)c1O. The standard InChI is InChI=1S/C24H23NO6/c1-5-31-20-11-7-9-17(22(20)27)13-19-21(24(29)30-4)14(2)25(23(19)28)18-10-6-8-16(12-18)15(3)26/h6-13,27H,5H2,1-4H3/b19-13-. The molecule has 7 heteroatoms. The van der Waals surface area contributed by atoms with Gasteiger partial charge in [-0.25, -0.2) is 4.79 Å². The van der Waals surface area contributed by atoms with E-state index in [2.05, 4.69) is 0 Å². The zero-order valence-corrected chi connectivity index (χ0v) is 17.8. The van der Waals surface area contributed by atoms with Crippen LogP contribution in [-0.4, -0.2) is 36.5 Å².